The van der Waals surface area contributed by atoms with E-state index in [2.05, 4.69) is 0 Å². The van der Waals surface area contributed by atoms with Crippen LogP contribution in [0.2, 0.25) is 0 Å². The van der Waals surface area contributed by atoms with E-state index in [9.17, 15) is 8.42 Å². The van der Waals surface area contributed by atoms with Crippen LogP contribution in [-0.2, 0) is 36.0 Å². The average molecular weight is 340 g/mol. The van der Waals surface area contributed by atoms with E-state index < -0.39 is 15.7 Å². The molecule has 0 amide bonds. The molecule has 0 fully saturated rings. The number of hydrogen-bond acceptors (Lipinski definition) is 3. The third kappa shape index (κ3) is 3.09. The van der Waals surface area contributed by atoms with Crippen LogP contribution in [0.1, 0.15) is 34.6 Å². The maximum Gasteiger partial charge on any atom is 0.298 e. The van der Waals surface area contributed by atoms with Crippen LogP contribution >= 0.6 is 0 Å². The van der Waals surface area contributed by atoms with Gasteiger partial charge in [0.05, 0.1) is 4.90 Å². The molecule has 0 unspecified atom stereocenters. The summed E-state index contributed by atoms with van der Waals surface area (Å²) in [5.74, 6) is 0. The first-order valence-electron chi connectivity index (χ1n) is 6.57. The van der Waals surface area contributed by atoms with Crippen molar-refractivity contribution < 1.29 is 34.3 Å². The van der Waals surface area contributed by atoms with Crippen molar-refractivity contribution in [2.45, 2.75) is 45.1 Å². The van der Waals surface area contributed by atoms with Gasteiger partial charge in [0.1, 0.15) is 5.60 Å². The van der Waals surface area contributed by atoms with E-state index in [4.69, 9.17) is 4.18 Å². The van der Waals surface area contributed by atoms with Crippen molar-refractivity contribution in [1.29, 1.82) is 0 Å². The largest absolute Gasteiger partial charge is 0.298 e. The molecular weight excluding hydrogens is 320 g/mol. The van der Waals surface area contributed by atoms with Crippen molar-refractivity contribution in [3.05, 3.63) is 52.6 Å². The molecule has 3 nitrogen and oxygen atoms in total. The summed E-state index contributed by atoms with van der Waals surface area (Å²) < 4.78 is 30.5. The third-order valence-corrected chi connectivity index (χ3v) is 5.83. The molecule has 0 radical (unpaired) electrons. The van der Waals surface area contributed by atoms with Gasteiger partial charge in [0.25, 0.3) is 10.1 Å². The SMILES string of the molecule is CC1=C(C)C(C)(OS(=O)(=O)c2ccccc2)C(C)=C1C.[Ti]. The van der Waals surface area contributed by atoms with Gasteiger partial charge < -0.3 is 0 Å². The van der Waals surface area contributed by atoms with Gasteiger partial charge in [0.15, 0.2) is 0 Å². The van der Waals surface area contributed by atoms with Gasteiger partial charge in [-0.3, -0.25) is 4.18 Å². The first-order valence-corrected chi connectivity index (χ1v) is 7.98. The molecule has 1 aliphatic rings. The van der Waals surface area contributed by atoms with Gasteiger partial charge in [-0.25, -0.2) is 0 Å². The van der Waals surface area contributed by atoms with Crippen LogP contribution in [0.4, 0.5) is 0 Å². The minimum atomic E-state index is -3.78. The van der Waals surface area contributed by atoms with Gasteiger partial charge in [-0.05, 0) is 69.0 Å². The van der Waals surface area contributed by atoms with E-state index in [1.165, 1.54) is 0 Å². The summed E-state index contributed by atoms with van der Waals surface area (Å²) in [5, 5.41) is 0. The number of benzene rings is 1. The Morgan fingerprint density at radius 1 is 0.905 bits per heavy atom. The maximum atomic E-state index is 12.4. The summed E-state index contributed by atoms with van der Waals surface area (Å²) in [5.41, 5.74) is 3.23. The molecule has 112 valence electrons. The molecule has 0 saturated carbocycles. The van der Waals surface area contributed by atoms with Crippen molar-refractivity contribution in [3.8, 4) is 0 Å². The molecule has 21 heavy (non-hydrogen) atoms. The molecule has 0 saturated heterocycles. The number of allylic oxidation sites excluding steroid dienone is 2. The summed E-state index contributed by atoms with van der Waals surface area (Å²) >= 11 is 0. The van der Waals surface area contributed by atoms with Crippen molar-refractivity contribution in [1.82, 2.24) is 0 Å². The second-order valence-electron chi connectivity index (χ2n) is 5.38. The van der Waals surface area contributed by atoms with Crippen LogP contribution < -0.4 is 0 Å². The second-order valence-corrected chi connectivity index (χ2v) is 6.93. The quantitative estimate of drug-likeness (QED) is 0.620. The Morgan fingerprint density at radius 3 is 1.76 bits per heavy atom. The Kier molecular flexibility index (Phi) is 5.43. The molecule has 0 heterocycles. The van der Waals surface area contributed by atoms with E-state index in [1.807, 2.05) is 34.6 Å². The predicted octanol–water partition coefficient (Wildman–Crippen LogP) is 3.83. The van der Waals surface area contributed by atoms with Crippen molar-refractivity contribution in [2.24, 2.45) is 0 Å². The summed E-state index contributed by atoms with van der Waals surface area (Å²) in [4.78, 5) is 0.184. The van der Waals surface area contributed by atoms with Gasteiger partial charge >= 0.3 is 0 Å². The van der Waals surface area contributed by atoms with E-state index >= 15 is 0 Å². The summed E-state index contributed by atoms with van der Waals surface area (Å²) in [6.45, 7) is 9.67. The molecular formula is C16H20O3STi. The van der Waals surface area contributed by atoms with Crippen molar-refractivity contribution >= 4 is 10.1 Å². The van der Waals surface area contributed by atoms with Gasteiger partial charge in [-0.1, -0.05) is 18.2 Å². The van der Waals surface area contributed by atoms with Crippen LogP contribution in [0.3, 0.4) is 0 Å². The van der Waals surface area contributed by atoms with Crippen LogP contribution in [-0.4, -0.2) is 14.0 Å². The number of hydrogen-bond donors (Lipinski definition) is 0. The number of rotatable bonds is 3. The van der Waals surface area contributed by atoms with Crippen LogP contribution in [0.5, 0.6) is 0 Å². The zero-order valence-electron chi connectivity index (χ0n) is 13.0. The minimum absolute atomic E-state index is 0. The monoisotopic (exact) mass is 340 g/mol. The summed E-state index contributed by atoms with van der Waals surface area (Å²) in [6, 6.07) is 8.25. The molecule has 1 aliphatic carbocycles. The molecule has 0 aromatic heterocycles. The summed E-state index contributed by atoms with van der Waals surface area (Å²) in [6.07, 6.45) is 0. The van der Waals surface area contributed by atoms with Crippen molar-refractivity contribution in [2.75, 3.05) is 0 Å². The Morgan fingerprint density at radius 2 is 1.33 bits per heavy atom. The topological polar surface area (TPSA) is 43.4 Å². The minimum Gasteiger partial charge on any atom is -0.251 e. The second kappa shape index (κ2) is 6.21. The molecule has 5 heteroatoms. The van der Waals surface area contributed by atoms with Gasteiger partial charge in [0.2, 0.25) is 0 Å². The fourth-order valence-corrected chi connectivity index (χ4v) is 3.81. The zero-order valence-corrected chi connectivity index (χ0v) is 15.4. The van der Waals surface area contributed by atoms with Crippen LogP contribution in [0, 0.1) is 0 Å². The normalized spacial score (nSPS) is 18.0. The van der Waals surface area contributed by atoms with E-state index in [0.29, 0.717) is 0 Å². The Bertz CT molecular complexity index is 676. The first kappa shape index (κ1) is 18.4. The Labute approximate surface area is 142 Å². The molecule has 0 spiro atoms. The van der Waals surface area contributed by atoms with Gasteiger partial charge in [-0.15, -0.1) is 0 Å². The molecule has 0 aliphatic heterocycles. The standard InChI is InChI=1S/C16H20O3S.Ti/c1-11-12(2)14(4)16(5,13(11)3)19-20(17,18)15-9-7-6-8-10-15;/h6-10H,1-5H3;. The van der Waals surface area contributed by atoms with Crippen LogP contribution in [0.25, 0.3) is 0 Å². The maximum absolute atomic E-state index is 12.4. The van der Waals surface area contributed by atoms with E-state index in [0.717, 1.165) is 22.3 Å². The fraction of sp³-hybridized carbons (Fsp3) is 0.375. The van der Waals surface area contributed by atoms with E-state index in [-0.39, 0.29) is 26.6 Å². The average Bonchev–Trinajstić information content (AvgIpc) is 2.56. The molecule has 2 rings (SSSR count). The molecule has 0 atom stereocenters. The Hall–Kier alpha value is -0.676. The smallest absolute Gasteiger partial charge is 0.251 e. The first-order chi connectivity index (χ1) is 9.20. The molecule has 0 N–H and O–H groups in total. The van der Waals surface area contributed by atoms with Crippen molar-refractivity contribution in [3.63, 3.8) is 0 Å². The van der Waals surface area contributed by atoms with Gasteiger partial charge in [0, 0.05) is 21.7 Å². The molecule has 1 aromatic rings. The fourth-order valence-electron chi connectivity index (χ4n) is 2.54. The third-order valence-electron chi connectivity index (χ3n) is 4.43. The van der Waals surface area contributed by atoms with Crippen LogP contribution in [0.15, 0.2) is 57.5 Å². The van der Waals surface area contributed by atoms with E-state index in [1.54, 1.807) is 30.3 Å². The molecule has 0 bridgehead atoms. The molecule has 1 aromatic carbocycles. The summed E-state index contributed by atoms with van der Waals surface area (Å²) in [7, 11) is -3.78. The predicted molar refractivity (Wildman–Crippen MR) is 79.9 cm³/mol. The Balaban J connectivity index is 0.00000220. The zero-order chi connectivity index (χ0) is 15.1. The van der Waals surface area contributed by atoms with Gasteiger partial charge in [-0.2, -0.15) is 8.42 Å².